The molecule has 3 rings (SSSR count). The summed E-state index contributed by atoms with van der Waals surface area (Å²) in [6.07, 6.45) is -2.96. The minimum atomic E-state index is -4.36. The number of nitrogens with one attached hydrogen (secondary N) is 1. The van der Waals surface area contributed by atoms with Crippen LogP contribution in [-0.2, 0) is 11.0 Å². The molecule has 0 saturated carbocycles. The molecule has 0 radical (unpaired) electrons. The van der Waals surface area contributed by atoms with Crippen LogP contribution in [-0.4, -0.2) is 47.0 Å². The van der Waals surface area contributed by atoms with Crippen LogP contribution < -0.4 is 10.2 Å². The second kappa shape index (κ2) is 7.19. The topological polar surface area (TPSA) is 61.4 Å². The molecule has 1 saturated heterocycles. The lowest BCUT2D eigenvalue weighted by Gasteiger charge is -2.34. The Morgan fingerprint density at radius 1 is 1.08 bits per heavy atom. The summed E-state index contributed by atoms with van der Waals surface area (Å²) in [5, 5.41) is 2.98. The number of carbonyl (C=O) groups excluding carboxylic acids is 1. The lowest BCUT2D eigenvalue weighted by atomic mass is 10.2. The molecule has 0 aliphatic carbocycles. The van der Waals surface area contributed by atoms with Crippen LogP contribution in [0.25, 0.3) is 0 Å². The SMILES string of the molecule is CC(=O)N1CCN(c2cc(Nc3ccc(C(F)(F)F)cc3)ncn2)CC1. The van der Waals surface area contributed by atoms with Gasteiger partial charge in [-0.2, -0.15) is 13.2 Å². The molecule has 2 heterocycles. The smallest absolute Gasteiger partial charge is 0.353 e. The van der Waals surface area contributed by atoms with Crippen molar-refractivity contribution in [1.29, 1.82) is 0 Å². The van der Waals surface area contributed by atoms with Gasteiger partial charge in [0.15, 0.2) is 0 Å². The molecule has 0 bridgehead atoms. The number of hydrogen-bond donors (Lipinski definition) is 1. The fourth-order valence-electron chi connectivity index (χ4n) is 2.73. The first kappa shape index (κ1) is 18.0. The van der Waals surface area contributed by atoms with E-state index in [9.17, 15) is 18.0 Å². The highest BCUT2D eigenvalue weighted by Gasteiger charge is 2.30. The minimum absolute atomic E-state index is 0.0528. The largest absolute Gasteiger partial charge is 0.416 e. The molecule has 6 nitrogen and oxygen atoms in total. The van der Waals surface area contributed by atoms with Gasteiger partial charge < -0.3 is 15.1 Å². The summed E-state index contributed by atoms with van der Waals surface area (Å²) in [4.78, 5) is 23.6. The maximum Gasteiger partial charge on any atom is 0.416 e. The lowest BCUT2D eigenvalue weighted by Crippen LogP contribution is -2.48. The van der Waals surface area contributed by atoms with Crippen LogP contribution in [0.15, 0.2) is 36.7 Å². The van der Waals surface area contributed by atoms with Crippen molar-refractivity contribution in [3.05, 3.63) is 42.2 Å². The Labute approximate surface area is 148 Å². The van der Waals surface area contributed by atoms with E-state index >= 15 is 0 Å². The number of alkyl halides is 3. The van der Waals surface area contributed by atoms with Crippen LogP contribution in [0.5, 0.6) is 0 Å². The van der Waals surface area contributed by atoms with Gasteiger partial charge in [-0.05, 0) is 24.3 Å². The number of anilines is 3. The Bertz CT molecular complexity index is 771. The number of rotatable bonds is 3. The normalized spacial score (nSPS) is 15.1. The fraction of sp³-hybridized carbons (Fsp3) is 0.353. The summed E-state index contributed by atoms with van der Waals surface area (Å²) in [7, 11) is 0. The summed E-state index contributed by atoms with van der Waals surface area (Å²) in [5.41, 5.74) is -0.196. The highest BCUT2D eigenvalue weighted by Crippen LogP contribution is 2.30. The lowest BCUT2D eigenvalue weighted by molar-refractivity contribution is -0.137. The molecular weight excluding hydrogens is 347 g/mol. The van der Waals surface area contributed by atoms with Crippen LogP contribution in [0.4, 0.5) is 30.5 Å². The van der Waals surface area contributed by atoms with E-state index < -0.39 is 11.7 Å². The minimum Gasteiger partial charge on any atom is -0.353 e. The maximum absolute atomic E-state index is 12.6. The molecule has 1 aliphatic heterocycles. The van der Waals surface area contributed by atoms with Gasteiger partial charge in [0.2, 0.25) is 5.91 Å². The molecule has 138 valence electrons. The molecule has 0 spiro atoms. The van der Waals surface area contributed by atoms with E-state index in [1.165, 1.54) is 18.5 Å². The maximum atomic E-state index is 12.6. The Hall–Kier alpha value is -2.84. The highest BCUT2D eigenvalue weighted by atomic mass is 19.4. The first-order valence-corrected chi connectivity index (χ1v) is 8.10. The summed E-state index contributed by atoms with van der Waals surface area (Å²) < 4.78 is 37.8. The molecule has 26 heavy (non-hydrogen) atoms. The number of halogens is 3. The molecule has 1 N–H and O–H groups in total. The summed E-state index contributed by atoms with van der Waals surface area (Å²) >= 11 is 0. The Morgan fingerprint density at radius 3 is 2.31 bits per heavy atom. The number of aromatic nitrogens is 2. The predicted molar refractivity (Wildman–Crippen MR) is 91.2 cm³/mol. The molecule has 1 aromatic heterocycles. The number of hydrogen-bond acceptors (Lipinski definition) is 5. The average Bonchev–Trinajstić information content (AvgIpc) is 2.62. The molecular formula is C17H18F3N5O. The van der Waals surface area contributed by atoms with E-state index in [0.29, 0.717) is 43.5 Å². The average molecular weight is 365 g/mol. The van der Waals surface area contributed by atoms with Crippen molar-refractivity contribution in [2.45, 2.75) is 13.1 Å². The monoisotopic (exact) mass is 365 g/mol. The zero-order valence-corrected chi connectivity index (χ0v) is 14.1. The van der Waals surface area contributed by atoms with E-state index in [4.69, 9.17) is 0 Å². The third-order valence-corrected chi connectivity index (χ3v) is 4.19. The van der Waals surface area contributed by atoms with E-state index in [0.717, 1.165) is 12.1 Å². The van der Waals surface area contributed by atoms with Crippen LogP contribution in [0.2, 0.25) is 0 Å². The molecule has 9 heteroatoms. The molecule has 1 aliphatic rings. The highest BCUT2D eigenvalue weighted by molar-refractivity contribution is 5.73. The molecule has 1 aromatic carbocycles. The first-order valence-electron chi connectivity index (χ1n) is 8.10. The van der Waals surface area contributed by atoms with Gasteiger partial charge in [-0.25, -0.2) is 9.97 Å². The zero-order chi connectivity index (χ0) is 18.7. The van der Waals surface area contributed by atoms with Gasteiger partial charge in [-0.15, -0.1) is 0 Å². The number of amides is 1. The van der Waals surface area contributed by atoms with Gasteiger partial charge in [-0.1, -0.05) is 0 Å². The first-order chi connectivity index (χ1) is 12.3. The van der Waals surface area contributed by atoms with Crippen LogP contribution >= 0.6 is 0 Å². The summed E-state index contributed by atoms with van der Waals surface area (Å²) in [6.45, 7) is 4.13. The standard InChI is InChI=1S/C17H18F3N5O/c1-12(26)24-6-8-25(9-7-24)16-10-15(21-11-22-16)23-14-4-2-13(3-5-14)17(18,19)20/h2-5,10-11H,6-9H2,1H3,(H,21,22,23). The van der Waals surface area contributed by atoms with Crippen molar-refractivity contribution >= 4 is 23.2 Å². The molecule has 2 aromatic rings. The Kier molecular flexibility index (Phi) is 4.97. The van der Waals surface area contributed by atoms with E-state index in [2.05, 4.69) is 15.3 Å². The molecule has 1 fully saturated rings. The zero-order valence-electron chi connectivity index (χ0n) is 14.1. The van der Waals surface area contributed by atoms with Crippen molar-refractivity contribution in [1.82, 2.24) is 14.9 Å². The summed E-state index contributed by atoms with van der Waals surface area (Å²) in [5.74, 6) is 1.25. The van der Waals surface area contributed by atoms with E-state index in [1.54, 1.807) is 17.9 Å². The number of carbonyl (C=O) groups is 1. The van der Waals surface area contributed by atoms with Gasteiger partial charge in [0.05, 0.1) is 5.56 Å². The van der Waals surface area contributed by atoms with Gasteiger partial charge in [-0.3, -0.25) is 4.79 Å². The van der Waals surface area contributed by atoms with E-state index in [-0.39, 0.29) is 5.91 Å². The number of piperazine rings is 1. The third-order valence-electron chi connectivity index (χ3n) is 4.19. The third kappa shape index (κ3) is 4.22. The van der Waals surface area contributed by atoms with Crippen molar-refractivity contribution in [3.8, 4) is 0 Å². The van der Waals surface area contributed by atoms with Gasteiger partial charge in [0, 0.05) is 44.9 Å². The number of benzene rings is 1. The molecule has 0 atom stereocenters. The van der Waals surface area contributed by atoms with Gasteiger partial charge >= 0.3 is 6.18 Å². The van der Waals surface area contributed by atoms with Crippen molar-refractivity contribution in [3.63, 3.8) is 0 Å². The van der Waals surface area contributed by atoms with E-state index in [1.807, 2.05) is 4.90 Å². The molecule has 0 unspecified atom stereocenters. The number of nitrogens with zero attached hydrogens (tertiary/aromatic N) is 4. The van der Waals surface area contributed by atoms with Crippen molar-refractivity contribution in [2.24, 2.45) is 0 Å². The summed E-state index contributed by atoms with van der Waals surface area (Å²) in [6, 6.07) is 6.49. The predicted octanol–water partition coefficient (Wildman–Crippen LogP) is 2.91. The van der Waals surface area contributed by atoms with Crippen molar-refractivity contribution in [2.75, 3.05) is 36.4 Å². The van der Waals surface area contributed by atoms with Crippen LogP contribution in [0.1, 0.15) is 12.5 Å². The van der Waals surface area contributed by atoms with Crippen LogP contribution in [0.3, 0.4) is 0 Å². The fourth-order valence-corrected chi connectivity index (χ4v) is 2.73. The quantitative estimate of drug-likeness (QED) is 0.906. The van der Waals surface area contributed by atoms with Gasteiger partial charge in [0.1, 0.15) is 18.0 Å². The second-order valence-corrected chi connectivity index (χ2v) is 5.95. The Balaban J connectivity index is 1.67. The molecule has 1 amide bonds. The second-order valence-electron chi connectivity index (χ2n) is 5.95. The van der Waals surface area contributed by atoms with Crippen molar-refractivity contribution < 1.29 is 18.0 Å². The van der Waals surface area contributed by atoms with Crippen LogP contribution in [0, 0.1) is 0 Å². The Morgan fingerprint density at radius 2 is 1.73 bits per heavy atom. The van der Waals surface area contributed by atoms with Gasteiger partial charge in [0.25, 0.3) is 0 Å².